The van der Waals surface area contributed by atoms with Crippen LogP contribution in [0.15, 0.2) is 0 Å². The van der Waals surface area contributed by atoms with Crippen LogP contribution in [0.4, 0.5) is 0 Å². The second-order valence-corrected chi connectivity index (χ2v) is 6.18. The number of piperidine rings is 1. The van der Waals surface area contributed by atoms with Crippen molar-refractivity contribution in [1.82, 2.24) is 16.0 Å². The van der Waals surface area contributed by atoms with Crippen molar-refractivity contribution >= 4 is 20.2 Å². The Balaban J connectivity index is 0.00000400. The minimum absolute atomic E-state index is 0. The Hall–Kier alpha value is 0.0994. The van der Waals surface area contributed by atoms with Crippen molar-refractivity contribution in [3.05, 3.63) is 0 Å². The van der Waals surface area contributed by atoms with Crippen LogP contribution < -0.4 is 21.5 Å². The van der Waals surface area contributed by atoms with Gasteiger partial charge in [-0.1, -0.05) is 6.92 Å². The van der Waals surface area contributed by atoms with Crippen LogP contribution in [0.25, 0.3) is 0 Å². The number of rotatable bonds is 8. The van der Waals surface area contributed by atoms with Crippen molar-refractivity contribution in [2.45, 2.75) is 38.1 Å². The second kappa shape index (κ2) is 10.8. The van der Waals surface area contributed by atoms with Crippen LogP contribution in [0.3, 0.4) is 0 Å². The zero-order valence-corrected chi connectivity index (χ0v) is 16.1. The summed E-state index contributed by atoms with van der Waals surface area (Å²) in [4.78, 5) is 24.4. The Bertz CT molecular complexity index is 338. The van der Waals surface area contributed by atoms with Gasteiger partial charge in [-0.15, -0.1) is 0 Å². The van der Waals surface area contributed by atoms with Gasteiger partial charge in [0.25, 0.3) is 0 Å². The standard InChI is InChI=1S/C13H27N4O2P.Ir/c1-10(4-3-7-15-2)11(18)17-13(12(19)20-14)5-8-16-9-6-13;/h10,15-16,20H,3-9,14H2,1-2H3,(H,17,18);/t10-;/m1./s1. The Morgan fingerprint density at radius 2 is 2.00 bits per heavy atom. The summed E-state index contributed by atoms with van der Waals surface area (Å²) in [5.41, 5.74) is 4.76. The van der Waals surface area contributed by atoms with Gasteiger partial charge in [0.15, 0.2) is 5.52 Å². The van der Waals surface area contributed by atoms with E-state index in [9.17, 15) is 9.59 Å². The van der Waals surface area contributed by atoms with Gasteiger partial charge in [0.2, 0.25) is 5.91 Å². The second-order valence-electron chi connectivity index (χ2n) is 5.44. The number of hydrogen-bond donors (Lipinski definition) is 4. The van der Waals surface area contributed by atoms with Gasteiger partial charge in [0.05, 0.1) is 0 Å². The number of nitrogens with two attached hydrogens (primary N) is 1. The molecule has 2 atom stereocenters. The van der Waals surface area contributed by atoms with Crippen LogP contribution >= 0.6 is 8.73 Å². The summed E-state index contributed by atoms with van der Waals surface area (Å²) in [6.45, 7) is 4.29. The van der Waals surface area contributed by atoms with E-state index >= 15 is 0 Å². The first-order valence-corrected chi connectivity index (χ1v) is 8.32. The van der Waals surface area contributed by atoms with Gasteiger partial charge in [-0.3, -0.25) is 9.59 Å². The van der Waals surface area contributed by atoms with Crippen molar-refractivity contribution in [2.75, 3.05) is 26.7 Å². The van der Waals surface area contributed by atoms with Crippen LogP contribution in [0.5, 0.6) is 0 Å². The van der Waals surface area contributed by atoms with Crippen LogP contribution in [0.1, 0.15) is 32.6 Å². The van der Waals surface area contributed by atoms with Crippen molar-refractivity contribution in [1.29, 1.82) is 0 Å². The molecule has 1 fully saturated rings. The summed E-state index contributed by atoms with van der Waals surface area (Å²) in [6, 6.07) is 0. The van der Waals surface area contributed by atoms with E-state index in [2.05, 4.69) is 16.0 Å². The van der Waals surface area contributed by atoms with Crippen LogP contribution in [-0.4, -0.2) is 43.7 Å². The van der Waals surface area contributed by atoms with E-state index < -0.39 is 5.54 Å². The molecule has 0 bridgehead atoms. The Kier molecular flexibility index (Phi) is 10.8. The van der Waals surface area contributed by atoms with E-state index in [1.807, 2.05) is 14.0 Å². The molecule has 1 unspecified atom stereocenters. The normalized spacial score (nSPS) is 19.0. The molecule has 0 saturated carbocycles. The molecule has 8 heteroatoms. The third kappa shape index (κ3) is 6.39. The summed E-state index contributed by atoms with van der Waals surface area (Å²) < 4.78 is 0. The quantitative estimate of drug-likeness (QED) is 0.280. The van der Waals surface area contributed by atoms with Gasteiger partial charge in [-0.2, -0.15) is 0 Å². The smallest absolute Gasteiger partial charge is 0.223 e. The number of nitrogens with one attached hydrogen (secondary N) is 3. The minimum Gasteiger partial charge on any atom is -0.343 e. The van der Waals surface area contributed by atoms with E-state index in [1.54, 1.807) is 0 Å². The van der Waals surface area contributed by atoms with E-state index in [-0.39, 0.29) is 46.2 Å². The van der Waals surface area contributed by atoms with Gasteiger partial charge in [-0.05, 0) is 52.4 Å². The maximum atomic E-state index is 12.3. The minimum atomic E-state index is -0.743. The first-order chi connectivity index (χ1) is 9.55. The third-order valence-corrected chi connectivity index (χ3v) is 4.64. The number of hydrogen-bond acceptors (Lipinski definition) is 5. The topological polar surface area (TPSA) is 96.2 Å². The number of amides is 1. The van der Waals surface area contributed by atoms with Gasteiger partial charge in [-0.25, -0.2) is 0 Å². The summed E-state index contributed by atoms with van der Waals surface area (Å²) in [7, 11) is 1.63. The molecule has 1 radical (unpaired) electrons. The monoisotopic (exact) mass is 495 g/mol. The molecule has 0 aromatic heterocycles. The molecule has 0 aromatic rings. The first-order valence-electron chi connectivity index (χ1n) is 7.24. The molecule has 1 aliphatic heterocycles. The first kappa shape index (κ1) is 21.1. The fourth-order valence-electron chi connectivity index (χ4n) is 2.48. The zero-order valence-electron chi connectivity index (χ0n) is 12.8. The number of carbonyl (C=O) groups excluding carboxylic acids is 2. The van der Waals surface area contributed by atoms with Crippen LogP contribution in [0.2, 0.25) is 0 Å². The molecular formula is C13H27IrN4O2P. The van der Waals surface area contributed by atoms with Gasteiger partial charge in [0, 0.05) is 34.8 Å². The van der Waals surface area contributed by atoms with Crippen LogP contribution in [-0.2, 0) is 29.7 Å². The maximum Gasteiger partial charge on any atom is 0.223 e. The Labute approximate surface area is 142 Å². The Morgan fingerprint density at radius 1 is 1.38 bits per heavy atom. The zero-order chi connectivity index (χ0) is 15.0. The molecule has 1 rings (SSSR count). The van der Waals surface area contributed by atoms with Crippen molar-refractivity contribution in [3.63, 3.8) is 0 Å². The van der Waals surface area contributed by atoms with E-state index in [1.165, 1.54) is 0 Å². The predicted octanol–water partition coefficient (Wildman–Crippen LogP) is -0.0632. The largest absolute Gasteiger partial charge is 0.343 e. The summed E-state index contributed by atoms with van der Waals surface area (Å²) in [5, 5.41) is 9.27. The summed E-state index contributed by atoms with van der Waals surface area (Å²) >= 11 is 0. The predicted molar refractivity (Wildman–Crippen MR) is 82.8 cm³/mol. The van der Waals surface area contributed by atoms with E-state index in [0.717, 1.165) is 32.5 Å². The molecule has 1 heterocycles. The molecule has 1 aliphatic rings. The molecular weight excluding hydrogens is 467 g/mol. The molecule has 5 N–H and O–H groups in total. The van der Waals surface area contributed by atoms with Crippen molar-refractivity contribution in [2.24, 2.45) is 11.4 Å². The fourth-order valence-corrected chi connectivity index (χ4v) is 3.06. The van der Waals surface area contributed by atoms with Gasteiger partial charge >= 0.3 is 0 Å². The van der Waals surface area contributed by atoms with E-state index in [0.29, 0.717) is 12.8 Å². The van der Waals surface area contributed by atoms with Gasteiger partial charge in [0.1, 0.15) is 5.54 Å². The summed E-state index contributed by atoms with van der Waals surface area (Å²) in [6.07, 6.45) is 3.03. The van der Waals surface area contributed by atoms with Crippen molar-refractivity contribution < 1.29 is 29.7 Å². The number of carbonyl (C=O) groups is 2. The molecule has 1 amide bonds. The maximum absolute atomic E-state index is 12.3. The summed E-state index contributed by atoms with van der Waals surface area (Å²) in [5.74, 6) is -0.112. The Morgan fingerprint density at radius 3 is 2.52 bits per heavy atom. The van der Waals surface area contributed by atoms with Gasteiger partial charge < -0.3 is 21.5 Å². The average Bonchev–Trinajstić information content (AvgIpc) is 2.47. The van der Waals surface area contributed by atoms with Crippen molar-refractivity contribution in [3.8, 4) is 0 Å². The third-order valence-electron chi connectivity index (χ3n) is 3.90. The molecule has 1 saturated heterocycles. The molecule has 6 nitrogen and oxygen atoms in total. The van der Waals surface area contributed by atoms with E-state index in [4.69, 9.17) is 5.50 Å². The molecule has 0 spiro atoms. The van der Waals surface area contributed by atoms with Crippen LogP contribution in [0, 0.1) is 5.92 Å². The molecule has 0 aliphatic carbocycles. The fraction of sp³-hybridized carbons (Fsp3) is 0.846. The molecule has 21 heavy (non-hydrogen) atoms. The average molecular weight is 495 g/mol. The SMILES string of the molecule is CNCCC[C@@H](C)C(=O)NC1(C(=O)PN)CCNCC1.[Ir]. The molecule has 0 aromatic carbocycles. The molecule has 125 valence electrons.